The highest BCUT2D eigenvalue weighted by Gasteiger charge is 2.22. The van der Waals surface area contributed by atoms with Crippen LogP contribution in [-0.4, -0.2) is 9.13 Å². The highest BCUT2D eigenvalue weighted by molar-refractivity contribution is 6.18. The predicted octanol–water partition coefficient (Wildman–Crippen LogP) is 17.7. The second kappa shape index (κ2) is 15.2. The van der Waals surface area contributed by atoms with Gasteiger partial charge in [-0.05, 0) is 89.8 Å². The van der Waals surface area contributed by atoms with Crippen LogP contribution >= 0.6 is 0 Å². The van der Waals surface area contributed by atoms with E-state index in [0.29, 0.717) is 0 Å². The number of fused-ring (bicyclic) bond motifs is 11. The number of aromatic nitrogens is 2. The van der Waals surface area contributed by atoms with Crippen LogP contribution in [0.4, 0.5) is 17.1 Å². The van der Waals surface area contributed by atoms with Crippen molar-refractivity contribution in [3.05, 3.63) is 249 Å². The molecule has 3 heterocycles. The molecule has 68 heavy (non-hydrogen) atoms. The lowest BCUT2D eigenvalue weighted by atomic mass is 9.98. The molecule has 14 rings (SSSR count). The quantitative estimate of drug-likeness (QED) is 0.160. The van der Waals surface area contributed by atoms with Gasteiger partial charge in [0.25, 0.3) is 0 Å². The summed E-state index contributed by atoms with van der Waals surface area (Å²) in [5.74, 6) is 0. The SMILES string of the molecule is c1ccc(N(c2ccc(-c3ccccc3-n3c4ccccc4c4ccccc43)cc2)c2ccc(-n3c4ccccc4c4ccccc43)cc2)c(-c2cccc3c2oc2c4ccccc4ccc32)c1. The summed E-state index contributed by atoms with van der Waals surface area (Å²) in [6, 6.07) is 89.8. The molecule has 14 aromatic rings. The number of hydrogen-bond donors (Lipinski definition) is 0. The van der Waals surface area contributed by atoms with Crippen LogP contribution in [0.1, 0.15) is 0 Å². The first-order valence-electron chi connectivity index (χ1n) is 23.3. The Hall–Kier alpha value is -9.12. The van der Waals surface area contributed by atoms with Crippen LogP contribution in [0.25, 0.3) is 110 Å². The van der Waals surface area contributed by atoms with Crippen LogP contribution in [-0.2, 0) is 0 Å². The van der Waals surface area contributed by atoms with E-state index in [1.54, 1.807) is 0 Å². The molecule has 0 N–H and O–H groups in total. The Morgan fingerprint density at radius 2 is 0.765 bits per heavy atom. The summed E-state index contributed by atoms with van der Waals surface area (Å²) in [4.78, 5) is 2.39. The smallest absolute Gasteiger partial charge is 0.143 e. The summed E-state index contributed by atoms with van der Waals surface area (Å²) in [6.07, 6.45) is 0. The van der Waals surface area contributed by atoms with Crippen molar-refractivity contribution < 1.29 is 4.42 Å². The Bertz CT molecular complexity index is 4160. The molecule has 0 atom stereocenters. The summed E-state index contributed by atoms with van der Waals surface area (Å²) in [5, 5.41) is 9.49. The zero-order valence-electron chi connectivity index (χ0n) is 36.9. The van der Waals surface area contributed by atoms with E-state index in [2.05, 4.69) is 263 Å². The zero-order chi connectivity index (χ0) is 44.7. The van der Waals surface area contributed by atoms with Gasteiger partial charge in [0.2, 0.25) is 0 Å². The molecule has 0 unspecified atom stereocenters. The zero-order valence-corrected chi connectivity index (χ0v) is 36.9. The van der Waals surface area contributed by atoms with Crippen LogP contribution in [0.2, 0.25) is 0 Å². The molecule has 4 nitrogen and oxygen atoms in total. The summed E-state index contributed by atoms with van der Waals surface area (Å²) in [5.41, 5.74) is 16.4. The molecule has 0 fully saturated rings. The predicted molar refractivity (Wildman–Crippen MR) is 285 cm³/mol. The van der Waals surface area contributed by atoms with E-state index in [9.17, 15) is 0 Å². The van der Waals surface area contributed by atoms with E-state index < -0.39 is 0 Å². The first kappa shape index (κ1) is 38.2. The van der Waals surface area contributed by atoms with E-state index in [4.69, 9.17) is 4.42 Å². The van der Waals surface area contributed by atoms with Gasteiger partial charge in [-0.15, -0.1) is 0 Å². The van der Waals surface area contributed by atoms with Crippen molar-refractivity contribution in [1.82, 2.24) is 9.13 Å². The molecule has 0 spiro atoms. The first-order valence-corrected chi connectivity index (χ1v) is 23.3. The Labute approximate surface area is 392 Å². The van der Waals surface area contributed by atoms with Crippen LogP contribution in [0, 0.1) is 0 Å². The molecule has 11 aromatic carbocycles. The minimum atomic E-state index is 0.880. The van der Waals surface area contributed by atoms with E-state index in [-0.39, 0.29) is 0 Å². The van der Waals surface area contributed by atoms with Gasteiger partial charge in [0, 0.05) is 71.5 Å². The average molecular weight is 868 g/mol. The number of para-hydroxylation sites is 7. The van der Waals surface area contributed by atoms with Crippen LogP contribution in [0.3, 0.4) is 0 Å². The number of hydrogen-bond acceptors (Lipinski definition) is 2. The minimum Gasteiger partial charge on any atom is -0.455 e. The van der Waals surface area contributed by atoms with Crippen molar-refractivity contribution in [3.8, 4) is 33.6 Å². The molecule has 0 radical (unpaired) electrons. The highest BCUT2D eigenvalue weighted by Crippen LogP contribution is 2.46. The van der Waals surface area contributed by atoms with Crippen molar-refractivity contribution in [2.24, 2.45) is 0 Å². The van der Waals surface area contributed by atoms with E-state index in [1.807, 2.05) is 0 Å². The van der Waals surface area contributed by atoms with E-state index in [0.717, 1.165) is 83.4 Å². The highest BCUT2D eigenvalue weighted by atomic mass is 16.3. The third kappa shape index (κ3) is 5.81. The van der Waals surface area contributed by atoms with Gasteiger partial charge in [-0.3, -0.25) is 0 Å². The van der Waals surface area contributed by atoms with Gasteiger partial charge in [-0.25, -0.2) is 0 Å². The number of anilines is 3. The summed E-state index contributed by atoms with van der Waals surface area (Å²) < 4.78 is 11.8. The maximum absolute atomic E-state index is 6.96. The second-order valence-corrected chi connectivity index (χ2v) is 17.6. The third-order valence-corrected chi connectivity index (χ3v) is 13.9. The molecule has 0 aliphatic rings. The third-order valence-electron chi connectivity index (χ3n) is 13.9. The van der Waals surface area contributed by atoms with Crippen molar-refractivity contribution in [2.75, 3.05) is 4.90 Å². The van der Waals surface area contributed by atoms with Crippen molar-refractivity contribution in [1.29, 1.82) is 0 Å². The molecule has 3 aromatic heterocycles. The number of rotatable bonds is 7. The monoisotopic (exact) mass is 867 g/mol. The fourth-order valence-electron chi connectivity index (χ4n) is 10.9. The summed E-state index contributed by atoms with van der Waals surface area (Å²) >= 11 is 0. The Morgan fingerprint density at radius 3 is 1.41 bits per heavy atom. The molecule has 0 saturated heterocycles. The van der Waals surface area contributed by atoms with Crippen LogP contribution < -0.4 is 4.90 Å². The van der Waals surface area contributed by atoms with Gasteiger partial charge in [0.05, 0.1) is 33.4 Å². The molecular weight excluding hydrogens is 827 g/mol. The van der Waals surface area contributed by atoms with Gasteiger partial charge in [0.1, 0.15) is 11.2 Å². The van der Waals surface area contributed by atoms with Crippen molar-refractivity contribution in [2.45, 2.75) is 0 Å². The van der Waals surface area contributed by atoms with Gasteiger partial charge in [-0.2, -0.15) is 0 Å². The van der Waals surface area contributed by atoms with E-state index in [1.165, 1.54) is 43.6 Å². The Balaban J connectivity index is 0.945. The van der Waals surface area contributed by atoms with Gasteiger partial charge < -0.3 is 18.5 Å². The molecule has 0 saturated carbocycles. The molecule has 318 valence electrons. The normalized spacial score (nSPS) is 11.8. The number of furan rings is 1. The van der Waals surface area contributed by atoms with E-state index >= 15 is 0 Å². The topological polar surface area (TPSA) is 26.2 Å². The molecule has 0 bridgehead atoms. The molecule has 0 amide bonds. The molecule has 4 heteroatoms. The standard InChI is InChI=1S/C64H41N3O/c1-2-18-48-42(16-1)34-41-56-55-25-15-24-54(64(55)68-63(48)56)53-23-8-10-27-58(53)65(45-37-39-46(40-38-45)66-59-28-11-4-19-49(59)50-20-5-12-29-60(50)66)44-35-32-43(33-36-44)47-17-3-9-26-57(47)67-61-30-13-6-21-51(61)52-22-7-14-31-62(52)67/h1-41H. The second-order valence-electron chi connectivity index (χ2n) is 17.6. The van der Waals surface area contributed by atoms with Gasteiger partial charge in [0.15, 0.2) is 0 Å². The fraction of sp³-hybridized carbons (Fsp3) is 0. The maximum Gasteiger partial charge on any atom is 0.143 e. The minimum absolute atomic E-state index is 0.880. The Kier molecular flexibility index (Phi) is 8.55. The summed E-state index contributed by atoms with van der Waals surface area (Å²) in [7, 11) is 0. The largest absolute Gasteiger partial charge is 0.455 e. The first-order chi connectivity index (χ1) is 33.8. The van der Waals surface area contributed by atoms with Crippen molar-refractivity contribution >= 4 is 93.4 Å². The lowest BCUT2D eigenvalue weighted by Gasteiger charge is -2.28. The van der Waals surface area contributed by atoms with Crippen LogP contribution in [0.5, 0.6) is 0 Å². The molecular formula is C64H41N3O. The number of nitrogens with zero attached hydrogens (tertiary/aromatic N) is 3. The average Bonchev–Trinajstić information content (AvgIpc) is 4.08. The fourth-order valence-corrected chi connectivity index (χ4v) is 10.9. The maximum atomic E-state index is 6.96. The van der Waals surface area contributed by atoms with Gasteiger partial charge in [-0.1, -0.05) is 170 Å². The lowest BCUT2D eigenvalue weighted by Crippen LogP contribution is -2.11. The summed E-state index contributed by atoms with van der Waals surface area (Å²) in [6.45, 7) is 0. The molecule has 0 aliphatic carbocycles. The van der Waals surface area contributed by atoms with Crippen molar-refractivity contribution in [3.63, 3.8) is 0 Å². The molecule has 0 aliphatic heterocycles. The number of benzene rings is 11. The lowest BCUT2D eigenvalue weighted by molar-refractivity contribution is 0.674. The van der Waals surface area contributed by atoms with Gasteiger partial charge >= 0.3 is 0 Å². The Morgan fingerprint density at radius 1 is 0.294 bits per heavy atom. The van der Waals surface area contributed by atoms with Crippen LogP contribution in [0.15, 0.2) is 253 Å².